The minimum atomic E-state index is -5.30. The molecule has 38 heteroatoms. The van der Waals surface area contributed by atoms with Gasteiger partial charge in [0.2, 0.25) is 0 Å². The van der Waals surface area contributed by atoms with E-state index in [2.05, 4.69) is 49.4 Å². The number of anilines is 3. The van der Waals surface area contributed by atoms with Gasteiger partial charge in [-0.1, -0.05) is 0 Å². The van der Waals surface area contributed by atoms with Gasteiger partial charge in [0.05, 0.1) is 52.0 Å². The van der Waals surface area contributed by atoms with E-state index in [9.17, 15) is 39.1 Å². The SMILES string of the molecule is Nc1ncnc2c1ncn2[C@@H]1O[C@@]2(COP(=O)(O)O[C@H]3C(O)[C@@H](COP(O)(=S)O[C@H]4C(O)[C@@H](COP(=O)(O)OCCO)O[C@H]4n4cnc5c(N)ncnc54)O[C@H]3n3cnc4c(N)ncnc43)CCCOC2[C@@H]1O. The molecule has 0 radical (unpaired) electrons. The summed E-state index contributed by atoms with van der Waals surface area (Å²) in [5.74, 6) is 0.0160. The normalized spacial score (nSPS) is 32.0. The summed E-state index contributed by atoms with van der Waals surface area (Å²) in [6, 6.07) is 0. The average Bonchev–Trinajstić information content (AvgIpc) is 4.22. The maximum atomic E-state index is 14.1. The van der Waals surface area contributed by atoms with Crippen molar-refractivity contribution < 1.29 is 90.3 Å². The van der Waals surface area contributed by atoms with Crippen molar-refractivity contribution in [1.82, 2.24) is 58.6 Å². The Balaban J connectivity index is 0.872. The standard InChI is InChI=1S/C35H46N15O19P3S/c36-26-17-29(42-9-39-26)48(12-45-17)32-22(54)25-35(67-32,2-1-4-60-25)8-64-71(57,58)68-23-20(52)16(66-33(23)49-13-46-18-27(37)40-10-43-30(18)49)7-63-72(59,73)69-24-21(53)15(6-62-70(55,56)61-5-3-51)65-34(24)50-14-47-19-28(38)41-11-44-31(19)50/h9-16,20-25,32-34,51-54H,1-8H2,(H,55,56)(H,57,58)(H,59,73)(H2,36,39,42)(H2,37,40,43)(H2,38,41,44)/t15-,16-,20?,21?,22+,23+,24+,25?,32-,33-,34-,35-,72?/m1/s1. The van der Waals surface area contributed by atoms with E-state index >= 15 is 0 Å². The van der Waals surface area contributed by atoms with Crippen LogP contribution in [0.3, 0.4) is 0 Å². The Morgan fingerprint density at radius 3 is 1.67 bits per heavy atom. The summed E-state index contributed by atoms with van der Waals surface area (Å²) in [7, 11) is -10.1. The summed E-state index contributed by atoms with van der Waals surface area (Å²) in [6.45, 7) is -7.82. The molecule has 6 aromatic heterocycles. The van der Waals surface area contributed by atoms with E-state index in [0.29, 0.717) is 6.42 Å². The Kier molecular flexibility index (Phi) is 14.4. The van der Waals surface area contributed by atoms with Gasteiger partial charge in [-0.15, -0.1) is 0 Å². The van der Waals surface area contributed by atoms with Crippen LogP contribution >= 0.6 is 22.4 Å². The van der Waals surface area contributed by atoms with Crippen LogP contribution in [0.5, 0.6) is 0 Å². The number of phosphoric ester groups is 2. The molecule has 0 amide bonds. The van der Waals surface area contributed by atoms with Crippen LogP contribution in [0.25, 0.3) is 33.5 Å². The Morgan fingerprint density at radius 2 is 1.15 bits per heavy atom. The number of phosphoric acid groups is 2. The van der Waals surface area contributed by atoms with Gasteiger partial charge >= 0.3 is 22.4 Å². The fraction of sp³-hybridized carbons (Fsp3) is 0.571. The van der Waals surface area contributed by atoms with E-state index < -0.39 is 129 Å². The van der Waals surface area contributed by atoms with Gasteiger partial charge in [-0.3, -0.25) is 36.3 Å². The number of hydrogen-bond donors (Lipinski definition) is 10. The molecule has 10 heterocycles. The lowest BCUT2D eigenvalue weighted by atomic mass is 9.89. The van der Waals surface area contributed by atoms with E-state index in [4.69, 9.17) is 75.7 Å². The summed E-state index contributed by atoms with van der Waals surface area (Å²) in [5.41, 5.74) is 17.3. The topological polar surface area (TPSA) is 477 Å². The molecule has 10 rings (SSSR count). The molecule has 4 fully saturated rings. The van der Waals surface area contributed by atoms with Gasteiger partial charge in [-0.2, -0.15) is 0 Å². The molecule has 4 aliphatic rings. The van der Waals surface area contributed by atoms with E-state index in [1.54, 1.807) is 0 Å². The van der Waals surface area contributed by atoms with Gasteiger partial charge in [0.1, 0.15) is 90.0 Å². The fourth-order valence-corrected chi connectivity index (χ4v) is 12.0. The third-order valence-electron chi connectivity index (χ3n) is 12.3. The molecule has 4 aliphatic heterocycles. The van der Waals surface area contributed by atoms with Crippen molar-refractivity contribution in [1.29, 1.82) is 0 Å². The zero-order valence-corrected chi connectivity index (χ0v) is 40.8. The van der Waals surface area contributed by atoms with Crippen molar-refractivity contribution in [2.75, 3.05) is 56.8 Å². The quantitative estimate of drug-likeness (QED) is 0.0386. The molecular weight excluding hydrogens is 1060 g/mol. The van der Waals surface area contributed by atoms with Crippen LogP contribution in [-0.2, 0) is 67.0 Å². The second-order valence-electron chi connectivity index (χ2n) is 16.8. The first kappa shape index (κ1) is 51.9. The van der Waals surface area contributed by atoms with Crippen molar-refractivity contribution in [3.8, 4) is 0 Å². The Bertz CT molecular complexity index is 3140. The predicted molar refractivity (Wildman–Crippen MR) is 244 cm³/mol. The van der Waals surface area contributed by atoms with E-state index in [1.807, 2.05) is 0 Å². The monoisotopic (exact) mass is 1110 g/mol. The van der Waals surface area contributed by atoms with Crippen molar-refractivity contribution in [2.45, 2.75) is 86.0 Å². The number of ether oxygens (including phenoxy) is 4. The fourth-order valence-electron chi connectivity index (χ4n) is 8.92. The number of nitrogens with zero attached hydrogens (tertiary/aromatic N) is 12. The van der Waals surface area contributed by atoms with Crippen molar-refractivity contribution >= 4 is 85.1 Å². The maximum Gasteiger partial charge on any atom is 0.472 e. The van der Waals surface area contributed by atoms with Crippen LogP contribution in [0.2, 0.25) is 0 Å². The van der Waals surface area contributed by atoms with Crippen LogP contribution in [-0.4, -0.2) is 188 Å². The molecule has 0 aromatic carbocycles. The lowest BCUT2D eigenvalue weighted by Crippen LogP contribution is -2.51. The molecule has 396 valence electrons. The molecule has 0 bridgehead atoms. The van der Waals surface area contributed by atoms with Crippen molar-refractivity contribution in [2.24, 2.45) is 0 Å². The minimum Gasteiger partial charge on any atom is -0.394 e. The Labute approximate surface area is 413 Å². The molecule has 0 saturated carbocycles. The minimum absolute atomic E-state index is 0.0247. The number of nitrogen functional groups attached to an aromatic ring is 3. The molecule has 0 aliphatic carbocycles. The molecule has 15 atom stereocenters. The van der Waals surface area contributed by atoms with Crippen LogP contribution < -0.4 is 17.2 Å². The number of hydrogen-bond acceptors (Lipinski definition) is 29. The summed E-state index contributed by atoms with van der Waals surface area (Å²) in [5, 5.41) is 43.9. The number of aliphatic hydroxyl groups is 4. The highest BCUT2D eigenvalue weighted by molar-refractivity contribution is 8.07. The van der Waals surface area contributed by atoms with Gasteiger partial charge in [-0.05, 0) is 24.6 Å². The molecule has 4 saturated heterocycles. The number of aliphatic hydroxyl groups excluding tert-OH is 4. The van der Waals surface area contributed by atoms with Gasteiger partial charge in [0.25, 0.3) is 0 Å². The average molecular weight is 1110 g/mol. The lowest BCUT2D eigenvalue weighted by molar-refractivity contribution is -0.165. The first-order valence-electron chi connectivity index (χ1n) is 21.8. The summed E-state index contributed by atoms with van der Waals surface area (Å²) >= 11 is 5.37. The largest absolute Gasteiger partial charge is 0.472 e. The number of aromatic nitrogens is 12. The molecular formula is C35H46N15O19P3S. The molecule has 13 N–H and O–H groups in total. The van der Waals surface area contributed by atoms with E-state index in [-0.39, 0.29) is 64.0 Å². The number of imidazole rings is 3. The van der Waals surface area contributed by atoms with Crippen LogP contribution in [0.15, 0.2) is 38.0 Å². The van der Waals surface area contributed by atoms with Gasteiger partial charge in [0.15, 0.2) is 53.1 Å². The van der Waals surface area contributed by atoms with Crippen LogP contribution in [0, 0.1) is 0 Å². The molecule has 0 spiro atoms. The maximum absolute atomic E-state index is 14.1. The van der Waals surface area contributed by atoms with E-state index in [1.165, 1.54) is 39.0 Å². The Hall–Kier alpha value is -4.52. The highest BCUT2D eigenvalue weighted by atomic mass is 32.5. The Morgan fingerprint density at radius 1 is 0.658 bits per heavy atom. The molecule has 34 nitrogen and oxygen atoms in total. The number of rotatable bonds is 19. The van der Waals surface area contributed by atoms with Crippen molar-refractivity contribution in [3.05, 3.63) is 38.0 Å². The first-order valence-corrected chi connectivity index (χ1v) is 27.4. The van der Waals surface area contributed by atoms with Crippen LogP contribution in [0.4, 0.5) is 17.5 Å². The lowest BCUT2D eigenvalue weighted by Gasteiger charge is -2.38. The smallest absolute Gasteiger partial charge is 0.394 e. The van der Waals surface area contributed by atoms with Crippen LogP contribution in [0.1, 0.15) is 31.5 Å². The highest BCUT2D eigenvalue weighted by Gasteiger charge is 2.59. The molecule has 73 heavy (non-hydrogen) atoms. The van der Waals surface area contributed by atoms with Gasteiger partial charge in [0, 0.05) is 6.61 Å². The third-order valence-corrected chi connectivity index (χ3v) is 15.8. The number of nitrogens with two attached hydrogens (primary N) is 3. The summed E-state index contributed by atoms with van der Waals surface area (Å²) < 4.78 is 87.4. The number of fused-ring (bicyclic) bond motifs is 4. The highest BCUT2D eigenvalue weighted by Crippen LogP contribution is 2.55. The zero-order valence-electron chi connectivity index (χ0n) is 37.3. The first-order chi connectivity index (χ1) is 34.8. The van der Waals surface area contributed by atoms with Crippen molar-refractivity contribution in [3.63, 3.8) is 0 Å². The summed E-state index contributed by atoms with van der Waals surface area (Å²) in [6.07, 6.45) is -9.09. The molecule has 6 aromatic rings. The third kappa shape index (κ3) is 10.1. The molecule has 6 unspecified atom stereocenters. The van der Waals surface area contributed by atoms with Gasteiger partial charge < -0.3 is 75.8 Å². The predicted octanol–water partition coefficient (Wildman–Crippen LogP) is -2.18. The second-order valence-corrected chi connectivity index (χ2v) is 22.4. The zero-order chi connectivity index (χ0) is 51.6. The second kappa shape index (κ2) is 20.2. The summed E-state index contributed by atoms with van der Waals surface area (Å²) in [4.78, 5) is 70.1. The van der Waals surface area contributed by atoms with Gasteiger partial charge in [-0.25, -0.2) is 54.0 Å². The van der Waals surface area contributed by atoms with E-state index in [0.717, 1.165) is 12.7 Å².